The molecule has 2 amide bonds. The Morgan fingerprint density at radius 2 is 1.93 bits per heavy atom. The third-order valence-corrected chi connectivity index (χ3v) is 5.44. The molecule has 0 bridgehead atoms. The number of hydrogen-bond acceptors (Lipinski definition) is 4. The monoisotopic (exact) mass is 395 g/mol. The first kappa shape index (κ1) is 19.0. The van der Waals surface area contributed by atoms with Gasteiger partial charge in [0.25, 0.3) is 5.91 Å². The number of rotatable bonds is 4. The maximum Gasteiger partial charge on any atom is 0.289 e. The zero-order valence-electron chi connectivity index (χ0n) is 16.4. The fourth-order valence-corrected chi connectivity index (χ4v) is 3.90. The van der Waals surface area contributed by atoms with Gasteiger partial charge in [0.2, 0.25) is 5.91 Å². The SMILES string of the molecule is CN=C(NCCC1C(=O)Nc2ccccc21)N1CCN(C(=O)c2ccco2)CC1. The highest BCUT2D eigenvalue weighted by Gasteiger charge is 2.30. The minimum absolute atomic E-state index is 0.0491. The number of benzene rings is 1. The molecule has 1 fully saturated rings. The highest BCUT2D eigenvalue weighted by atomic mass is 16.3. The fraction of sp³-hybridized carbons (Fsp3) is 0.381. The average Bonchev–Trinajstić information content (AvgIpc) is 3.39. The number of furan rings is 1. The number of carbonyl (C=O) groups excluding carboxylic acids is 2. The van der Waals surface area contributed by atoms with Crippen molar-refractivity contribution in [1.82, 2.24) is 15.1 Å². The summed E-state index contributed by atoms with van der Waals surface area (Å²) in [5.74, 6) is 0.994. The molecule has 4 rings (SSSR count). The largest absolute Gasteiger partial charge is 0.459 e. The van der Waals surface area contributed by atoms with Crippen LogP contribution >= 0.6 is 0 Å². The van der Waals surface area contributed by atoms with Gasteiger partial charge in [-0.25, -0.2) is 0 Å². The summed E-state index contributed by atoms with van der Waals surface area (Å²) < 4.78 is 5.21. The van der Waals surface area contributed by atoms with Crippen LogP contribution in [0.5, 0.6) is 0 Å². The molecule has 0 aliphatic carbocycles. The number of guanidine groups is 1. The Morgan fingerprint density at radius 3 is 2.66 bits per heavy atom. The highest BCUT2D eigenvalue weighted by Crippen LogP contribution is 2.33. The van der Waals surface area contributed by atoms with Crippen molar-refractivity contribution in [3.05, 3.63) is 54.0 Å². The zero-order chi connectivity index (χ0) is 20.2. The Hall–Kier alpha value is -3.29. The van der Waals surface area contributed by atoms with Gasteiger partial charge in [0.05, 0.1) is 12.2 Å². The van der Waals surface area contributed by atoms with Gasteiger partial charge >= 0.3 is 0 Å². The first-order chi connectivity index (χ1) is 14.2. The molecule has 152 valence electrons. The third kappa shape index (κ3) is 3.96. The van der Waals surface area contributed by atoms with Crippen molar-refractivity contribution in [2.45, 2.75) is 12.3 Å². The van der Waals surface area contributed by atoms with Gasteiger partial charge in [0.1, 0.15) is 0 Å². The van der Waals surface area contributed by atoms with E-state index >= 15 is 0 Å². The zero-order valence-corrected chi connectivity index (χ0v) is 16.4. The topological polar surface area (TPSA) is 90.2 Å². The first-order valence-electron chi connectivity index (χ1n) is 9.85. The van der Waals surface area contributed by atoms with Gasteiger partial charge in [-0.05, 0) is 30.2 Å². The summed E-state index contributed by atoms with van der Waals surface area (Å²) in [7, 11) is 1.75. The van der Waals surface area contributed by atoms with Crippen LogP contribution in [0.3, 0.4) is 0 Å². The summed E-state index contributed by atoms with van der Waals surface area (Å²) in [5, 5.41) is 6.30. The maximum absolute atomic E-state index is 12.4. The summed E-state index contributed by atoms with van der Waals surface area (Å²) in [6, 6.07) is 11.2. The Labute approximate surface area is 169 Å². The molecule has 0 spiro atoms. The van der Waals surface area contributed by atoms with E-state index in [2.05, 4.69) is 20.5 Å². The lowest BCUT2D eigenvalue weighted by molar-refractivity contribution is -0.117. The van der Waals surface area contributed by atoms with Crippen molar-refractivity contribution < 1.29 is 14.0 Å². The van der Waals surface area contributed by atoms with Crippen LogP contribution in [-0.2, 0) is 4.79 Å². The van der Waals surface area contributed by atoms with Crippen molar-refractivity contribution in [3.8, 4) is 0 Å². The number of hydrogen-bond donors (Lipinski definition) is 2. The minimum Gasteiger partial charge on any atom is -0.459 e. The normalized spacial score (nSPS) is 19.1. The molecule has 8 heteroatoms. The fourth-order valence-electron chi connectivity index (χ4n) is 3.90. The van der Waals surface area contributed by atoms with Gasteiger partial charge in [-0.2, -0.15) is 0 Å². The van der Waals surface area contributed by atoms with Gasteiger partial charge < -0.3 is 24.9 Å². The molecule has 1 saturated heterocycles. The molecule has 8 nitrogen and oxygen atoms in total. The van der Waals surface area contributed by atoms with Crippen LogP contribution in [0.15, 0.2) is 52.1 Å². The lowest BCUT2D eigenvalue weighted by atomic mass is 9.97. The van der Waals surface area contributed by atoms with E-state index in [4.69, 9.17) is 4.42 Å². The molecule has 3 heterocycles. The van der Waals surface area contributed by atoms with Crippen molar-refractivity contribution in [2.75, 3.05) is 45.1 Å². The number of para-hydroxylation sites is 1. The Balaban J connectivity index is 1.27. The second-order valence-corrected chi connectivity index (χ2v) is 7.15. The van der Waals surface area contributed by atoms with E-state index < -0.39 is 0 Å². The van der Waals surface area contributed by atoms with E-state index in [0.717, 1.165) is 17.2 Å². The molecule has 2 aromatic rings. The van der Waals surface area contributed by atoms with Gasteiger partial charge in [-0.15, -0.1) is 0 Å². The molecule has 1 unspecified atom stereocenters. The van der Waals surface area contributed by atoms with Crippen LogP contribution in [0.4, 0.5) is 5.69 Å². The summed E-state index contributed by atoms with van der Waals surface area (Å²) in [4.78, 5) is 32.9. The van der Waals surface area contributed by atoms with E-state index in [1.54, 1.807) is 24.1 Å². The molecular formula is C21H25N5O3. The molecule has 2 aliphatic rings. The van der Waals surface area contributed by atoms with Crippen molar-refractivity contribution >= 4 is 23.5 Å². The highest BCUT2D eigenvalue weighted by molar-refractivity contribution is 6.02. The molecule has 0 saturated carbocycles. The third-order valence-electron chi connectivity index (χ3n) is 5.44. The van der Waals surface area contributed by atoms with E-state index in [1.165, 1.54) is 6.26 Å². The number of fused-ring (bicyclic) bond motifs is 1. The van der Waals surface area contributed by atoms with Crippen LogP contribution in [0.25, 0.3) is 0 Å². The number of anilines is 1. The lowest BCUT2D eigenvalue weighted by Crippen LogP contribution is -2.53. The van der Waals surface area contributed by atoms with E-state index in [0.29, 0.717) is 44.9 Å². The molecular weight excluding hydrogens is 370 g/mol. The summed E-state index contributed by atoms with van der Waals surface area (Å²) >= 11 is 0. The van der Waals surface area contributed by atoms with Crippen LogP contribution in [-0.4, -0.2) is 67.3 Å². The van der Waals surface area contributed by atoms with Crippen LogP contribution < -0.4 is 10.6 Å². The lowest BCUT2D eigenvalue weighted by Gasteiger charge is -2.36. The average molecular weight is 395 g/mol. The van der Waals surface area contributed by atoms with Crippen molar-refractivity contribution in [2.24, 2.45) is 4.99 Å². The van der Waals surface area contributed by atoms with Gasteiger partial charge in [-0.1, -0.05) is 18.2 Å². The molecule has 29 heavy (non-hydrogen) atoms. The van der Waals surface area contributed by atoms with Gasteiger partial charge in [-0.3, -0.25) is 14.6 Å². The quantitative estimate of drug-likeness (QED) is 0.608. The predicted molar refractivity (Wildman–Crippen MR) is 110 cm³/mol. The maximum atomic E-state index is 12.4. The number of carbonyl (C=O) groups is 2. The van der Waals surface area contributed by atoms with E-state index in [9.17, 15) is 9.59 Å². The Morgan fingerprint density at radius 1 is 1.17 bits per heavy atom. The number of nitrogens with one attached hydrogen (secondary N) is 2. The molecule has 0 radical (unpaired) electrons. The molecule has 2 N–H and O–H groups in total. The molecule has 1 aromatic heterocycles. The minimum atomic E-state index is -0.139. The number of aliphatic imine (C=N–C) groups is 1. The summed E-state index contributed by atoms with van der Waals surface area (Å²) in [6.45, 7) is 3.25. The molecule has 2 aliphatic heterocycles. The predicted octanol–water partition coefficient (Wildman–Crippen LogP) is 1.74. The van der Waals surface area contributed by atoms with Crippen LogP contribution in [0.2, 0.25) is 0 Å². The van der Waals surface area contributed by atoms with Gasteiger partial charge in [0, 0.05) is 45.5 Å². The van der Waals surface area contributed by atoms with Gasteiger partial charge in [0.15, 0.2) is 11.7 Å². The standard InChI is InChI=1S/C21H25N5O3/c1-22-21(23-9-8-16-15-5-2-3-6-17(15)24-19(16)27)26-12-10-25(11-13-26)20(28)18-7-4-14-29-18/h2-7,14,16H,8-13H2,1H3,(H,22,23)(H,24,27). The first-order valence-corrected chi connectivity index (χ1v) is 9.85. The van der Waals surface area contributed by atoms with Crippen molar-refractivity contribution in [1.29, 1.82) is 0 Å². The van der Waals surface area contributed by atoms with E-state index in [1.807, 2.05) is 24.3 Å². The Bertz CT molecular complexity index is 901. The summed E-state index contributed by atoms with van der Waals surface area (Å²) in [6.07, 6.45) is 2.21. The summed E-state index contributed by atoms with van der Waals surface area (Å²) in [5.41, 5.74) is 1.96. The molecule has 1 atom stereocenters. The Kier molecular flexibility index (Phi) is 5.50. The van der Waals surface area contributed by atoms with Crippen LogP contribution in [0, 0.1) is 0 Å². The smallest absolute Gasteiger partial charge is 0.289 e. The molecule has 1 aromatic carbocycles. The number of piperazine rings is 1. The second kappa shape index (κ2) is 8.38. The number of nitrogens with zero attached hydrogens (tertiary/aromatic N) is 3. The van der Waals surface area contributed by atoms with Crippen LogP contribution in [0.1, 0.15) is 28.5 Å². The number of amides is 2. The van der Waals surface area contributed by atoms with E-state index in [-0.39, 0.29) is 17.7 Å². The second-order valence-electron chi connectivity index (χ2n) is 7.15. The van der Waals surface area contributed by atoms with Crippen molar-refractivity contribution in [3.63, 3.8) is 0 Å².